The van der Waals surface area contributed by atoms with Crippen LogP contribution in [0.25, 0.3) is 0 Å². The number of hydrogen-bond acceptors (Lipinski definition) is 23. The van der Waals surface area contributed by atoms with Crippen LogP contribution in [0.5, 0.6) is 0 Å². The maximum atomic E-state index is 14.3. The fourth-order valence-corrected chi connectivity index (χ4v) is 13.5. The van der Waals surface area contributed by atoms with Gasteiger partial charge in [0.25, 0.3) is 0 Å². The van der Waals surface area contributed by atoms with Crippen LogP contribution in [0.1, 0.15) is 71.6 Å². The molecule has 4 heterocycles. The van der Waals surface area contributed by atoms with E-state index < -0.39 is 177 Å². The molecular weight excluding hydrogens is 896 g/mol. The van der Waals surface area contributed by atoms with E-state index in [4.69, 9.17) is 37.9 Å². The van der Waals surface area contributed by atoms with E-state index in [0.717, 1.165) is 6.42 Å². The fraction of sp³-hybridized carbons (Fsp3) is 0.932. The summed E-state index contributed by atoms with van der Waals surface area (Å²) in [7, 11) is 0. The van der Waals surface area contributed by atoms with Crippen LogP contribution >= 0.6 is 0 Å². The Kier molecular flexibility index (Phi) is 15.0. The second-order valence-electron chi connectivity index (χ2n) is 20.8. The monoisotopic (exact) mass is 966 g/mol. The molecule has 4 saturated carbocycles. The number of carbonyl (C=O) groups excluding carboxylic acids is 1. The van der Waals surface area contributed by atoms with E-state index in [-0.39, 0.29) is 11.8 Å². The third-order valence-electron chi connectivity index (χ3n) is 17.1. The predicted molar refractivity (Wildman–Crippen MR) is 219 cm³/mol. The highest BCUT2D eigenvalue weighted by Gasteiger charge is 2.70. The minimum atomic E-state index is -1.95. The van der Waals surface area contributed by atoms with Gasteiger partial charge < -0.3 is 109 Å². The zero-order valence-electron chi connectivity index (χ0n) is 37.5. The van der Waals surface area contributed by atoms with E-state index >= 15 is 0 Å². The molecule has 1 spiro atoms. The highest BCUT2D eigenvalue weighted by Crippen LogP contribution is 2.74. The second-order valence-corrected chi connectivity index (χ2v) is 20.8. The number of fused-ring (bicyclic) bond motifs is 3. The number of aliphatic hydroxyl groups excluding tert-OH is 14. The summed E-state index contributed by atoms with van der Waals surface area (Å²) in [6.45, 7) is 5.41. The maximum Gasteiger partial charge on any atom is 0.314 e. The summed E-state index contributed by atoms with van der Waals surface area (Å²) in [4.78, 5) is 14.3. The van der Waals surface area contributed by atoms with Crippen molar-refractivity contribution in [1.29, 1.82) is 0 Å². The van der Waals surface area contributed by atoms with Crippen molar-refractivity contribution < 1.29 is 114 Å². The van der Waals surface area contributed by atoms with Crippen molar-refractivity contribution in [3.63, 3.8) is 0 Å². The SMILES string of the molecule is C=C1C[C@@]23CC[C@H]4[C@@](C)(CCC[C@@]4(C)C(=O)O[C@@H]4O[C@H](CO)[C@@H](O)[C@H](O)[C@H]4O)[C@@H]2CC[C@]1(O[C@@H]1O[C@H](CO)[C@@H](O)[C@@H](O[C@@H]2O[C@H](CO)[C@@H](O)[C@H](O)[C@H]2O)[C@H]1O[C@@H]1O[C@H](CO)[C@@H](O)[C@H](O)[C@H]1O)C3. The van der Waals surface area contributed by atoms with E-state index in [1.165, 1.54) is 0 Å². The number of carbonyl (C=O) groups is 1. The van der Waals surface area contributed by atoms with Gasteiger partial charge >= 0.3 is 5.97 Å². The fourth-order valence-electron chi connectivity index (χ4n) is 13.5. The molecule has 4 saturated heterocycles. The van der Waals surface area contributed by atoms with E-state index in [1.807, 2.05) is 6.92 Å². The Bertz CT molecular complexity index is 1760. The summed E-state index contributed by atoms with van der Waals surface area (Å²) in [5.74, 6) is -0.805. The average Bonchev–Trinajstić information content (AvgIpc) is 3.50. The standard InChI is InChI=1S/C44H70O23/c1-17-11-43-9-5-22-41(2,7-4-8-42(22,3)40(59)66-38-33(58)30(55)26(51)20(14-47)62-38)23(43)6-10-44(17,16-43)67-39-35(65-37-32(57)29(54)25(50)19(13-46)61-37)34(27(52)21(15-48)63-39)64-36-31(56)28(53)24(49)18(12-45)60-36/h18-39,45-58H,1,4-16H2,2-3H3/t18-,19-,20-,21-,22+,23+,24-,25-,26-,27-,28+,29+,30+,31-,32-,33-,34-,35-,36+,37+,38+,39+,41-,42-,43-,44+/m1/s1. The summed E-state index contributed by atoms with van der Waals surface area (Å²) in [6, 6.07) is 0. The van der Waals surface area contributed by atoms with Crippen molar-refractivity contribution in [2.75, 3.05) is 26.4 Å². The molecule has 8 rings (SSSR count). The third-order valence-corrected chi connectivity index (χ3v) is 17.1. The molecule has 384 valence electrons. The Labute approximate surface area is 386 Å². The van der Waals surface area contributed by atoms with Gasteiger partial charge in [0.05, 0.1) is 37.4 Å². The summed E-state index contributed by atoms with van der Waals surface area (Å²) in [5, 5.41) is 148. The van der Waals surface area contributed by atoms with Crippen LogP contribution in [-0.2, 0) is 42.7 Å². The van der Waals surface area contributed by atoms with Crippen LogP contribution in [0, 0.1) is 28.1 Å². The lowest BCUT2D eigenvalue weighted by molar-refractivity contribution is -0.400. The number of aliphatic hydroxyl groups is 14. The molecule has 23 heteroatoms. The van der Waals surface area contributed by atoms with Crippen molar-refractivity contribution in [3.05, 3.63) is 12.2 Å². The average molecular weight is 967 g/mol. The van der Waals surface area contributed by atoms with Crippen molar-refractivity contribution >= 4 is 5.97 Å². The topological polar surface area (TPSA) is 374 Å². The number of hydrogen-bond donors (Lipinski definition) is 14. The molecule has 23 nitrogen and oxygen atoms in total. The number of rotatable bonds is 12. The molecular formula is C44H70O23. The minimum absolute atomic E-state index is 0.0251. The molecule has 4 aliphatic heterocycles. The Hall–Kier alpha value is -1.63. The highest BCUT2D eigenvalue weighted by atomic mass is 16.8. The van der Waals surface area contributed by atoms with Crippen LogP contribution in [0.4, 0.5) is 0 Å². The van der Waals surface area contributed by atoms with E-state index in [9.17, 15) is 76.3 Å². The van der Waals surface area contributed by atoms with Crippen molar-refractivity contribution in [1.82, 2.24) is 0 Å². The molecule has 8 aliphatic rings. The summed E-state index contributed by atoms with van der Waals surface area (Å²) < 4.78 is 48.2. The Morgan fingerprint density at radius 3 is 1.57 bits per heavy atom. The van der Waals surface area contributed by atoms with Gasteiger partial charge in [0.15, 0.2) is 18.9 Å². The summed E-state index contributed by atoms with van der Waals surface area (Å²) in [6.07, 6.45) is -29.1. The Balaban J connectivity index is 1.06. The van der Waals surface area contributed by atoms with Gasteiger partial charge in [-0.1, -0.05) is 19.9 Å². The molecule has 0 unspecified atom stereocenters. The van der Waals surface area contributed by atoms with Gasteiger partial charge in [-0.05, 0) is 86.5 Å². The second kappa shape index (κ2) is 19.4. The van der Waals surface area contributed by atoms with Crippen molar-refractivity contribution in [2.24, 2.45) is 28.1 Å². The summed E-state index contributed by atoms with van der Waals surface area (Å²) in [5.41, 5.74) is -2.33. The lowest BCUT2D eigenvalue weighted by atomic mass is 9.41. The van der Waals surface area contributed by atoms with Gasteiger partial charge in [-0.15, -0.1) is 0 Å². The first-order valence-electron chi connectivity index (χ1n) is 23.4. The molecule has 0 aromatic carbocycles. The molecule has 8 fully saturated rings. The van der Waals surface area contributed by atoms with Crippen LogP contribution in [0.15, 0.2) is 12.2 Å². The maximum absolute atomic E-state index is 14.3. The molecule has 14 N–H and O–H groups in total. The van der Waals surface area contributed by atoms with Gasteiger partial charge in [-0.3, -0.25) is 4.79 Å². The van der Waals surface area contributed by atoms with E-state index in [0.29, 0.717) is 56.9 Å². The van der Waals surface area contributed by atoms with Crippen LogP contribution in [0.3, 0.4) is 0 Å². The van der Waals surface area contributed by atoms with Crippen LogP contribution in [0.2, 0.25) is 0 Å². The zero-order chi connectivity index (χ0) is 48.7. The first-order valence-corrected chi connectivity index (χ1v) is 23.4. The van der Waals surface area contributed by atoms with Crippen LogP contribution in [-0.4, -0.2) is 232 Å². The van der Waals surface area contributed by atoms with Gasteiger partial charge in [0.1, 0.15) is 97.7 Å². The quantitative estimate of drug-likeness (QED) is 0.0494. The van der Waals surface area contributed by atoms with Gasteiger partial charge in [-0.2, -0.15) is 0 Å². The molecule has 2 bridgehead atoms. The lowest BCUT2D eigenvalue weighted by Gasteiger charge is -2.64. The normalized spacial score (nSPS) is 54.5. The lowest BCUT2D eigenvalue weighted by Crippen LogP contribution is -2.68. The number of esters is 1. The molecule has 26 atom stereocenters. The number of ether oxygens (including phenoxy) is 8. The predicted octanol–water partition coefficient (Wildman–Crippen LogP) is -5.11. The Morgan fingerprint density at radius 2 is 1.03 bits per heavy atom. The highest BCUT2D eigenvalue weighted by molar-refractivity contribution is 5.77. The van der Waals surface area contributed by atoms with Gasteiger partial charge in [0, 0.05) is 0 Å². The van der Waals surface area contributed by atoms with E-state index in [2.05, 4.69) is 13.5 Å². The Morgan fingerprint density at radius 1 is 0.567 bits per heavy atom. The molecule has 0 aromatic rings. The largest absolute Gasteiger partial charge is 0.432 e. The van der Waals surface area contributed by atoms with Gasteiger partial charge in [-0.25, -0.2) is 0 Å². The molecule has 0 aromatic heterocycles. The molecule has 0 amide bonds. The van der Waals surface area contributed by atoms with E-state index in [1.54, 1.807) is 0 Å². The molecule has 4 aliphatic carbocycles. The van der Waals surface area contributed by atoms with Crippen LogP contribution < -0.4 is 0 Å². The molecule has 67 heavy (non-hydrogen) atoms. The first kappa shape index (κ1) is 51.7. The first-order chi connectivity index (χ1) is 31.6. The van der Waals surface area contributed by atoms with Crippen molar-refractivity contribution in [2.45, 2.75) is 200 Å². The smallest absolute Gasteiger partial charge is 0.314 e. The zero-order valence-corrected chi connectivity index (χ0v) is 37.5. The van der Waals surface area contributed by atoms with Gasteiger partial charge in [0.2, 0.25) is 6.29 Å². The third kappa shape index (κ3) is 8.63. The molecule has 0 radical (unpaired) electrons. The van der Waals surface area contributed by atoms with Crippen molar-refractivity contribution in [3.8, 4) is 0 Å². The summed E-state index contributed by atoms with van der Waals surface area (Å²) >= 11 is 0. The minimum Gasteiger partial charge on any atom is -0.432 e.